The van der Waals surface area contributed by atoms with Crippen molar-refractivity contribution in [3.05, 3.63) is 59.7 Å². The van der Waals surface area contributed by atoms with Gasteiger partial charge < -0.3 is 14.8 Å². The number of hydrogen-bond acceptors (Lipinski definition) is 5. The van der Waals surface area contributed by atoms with Crippen LogP contribution >= 0.6 is 12.4 Å². The molecule has 2 aromatic rings. The van der Waals surface area contributed by atoms with Gasteiger partial charge in [-0.2, -0.15) is 0 Å². The number of fused-ring (bicyclic) bond motifs is 1. The zero-order chi connectivity index (χ0) is 18.6. The van der Waals surface area contributed by atoms with E-state index in [9.17, 15) is 8.42 Å². The predicted molar refractivity (Wildman–Crippen MR) is 108 cm³/mol. The maximum absolute atomic E-state index is 11.3. The SMILES string of the molecule is C[C@@H](NS(C)(=O)=O)c1ccc(CNC[C@@H]2COc3ccccc3O2)cc1.Cl. The number of para-hydroxylation sites is 2. The molecule has 1 heterocycles. The first-order valence-electron chi connectivity index (χ1n) is 8.56. The van der Waals surface area contributed by atoms with E-state index in [1.54, 1.807) is 0 Å². The molecule has 1 aliphatic rings. The summed E-state index contributed by atoms with van der Waals surface area (Å²) in [6.45, 7) is 3.74. The van der Waals surface area contributed by atoms with E-state index in [0.29, 0.717) is 19.7 Å². The molecule has 27 heavy (non-hydrogen) atoms. The average Bonchev–Trinajstić information content (AvgIpc) is 2.61. The molecular weight excluding hydrogens is 388 g/mol. The third kappa shape index (κ3) is 6.39. The second kappa shape index (κ2) is 9.41. The number of nitrogens with one attached hydrogen (secondary N) is 2. The van der Waals surface area contributed by atoms with Crippen molar-refractivity contribution in [1.82, 2.24) is 10.0 Å². The van der Waals surface area contributed by atoms with Gasteiger partial charge in [0.25, 0.3) is 0 Å². The number of sulfonamides is 1. The van der Waals surface area contributed by atoms with Crippen LogP contribution in [0, 0.1) is 0 Å². The van der Waals surface area contributed by atoms with Crippen LogP contribution in [0.5, 0.6) is 11.5 Å². The summed E-state index contributed by atoms with van der Waals surface area (Å²) in [5.74, 6) is 1.57. The molecule has 0 radical (unpaired) electrons. The summed E-state index contributed by atoms with van der Waals surface area (Å²) in [6, 6.07) is 15.3. The molecule has 0 unspecified atom stereocenters. The highest BCUT2D eigenvalue weighted by molar-refractivity contribution is 7.88. The first-order chi connectivity index (χ1) is 12.4. The van der Waals surface area contributed by atoms with Gasteiger partial charge in [0.05, 0.1) is 6.26 Å². The molecule has 6 nitrogen and oxygen atoms in total. The van der Waals surface area contributed by atoms with Crippen molar-refractivity contribution in [3.63, 3.8) is 0 Å². The molecule has 3 rings (SSSR count). The first-order valence-corrected chi connectivity index (χ1v) is 10.5. The van der Waals surface area contributed by atoms with Crippen LogP contribution in [0.3, 0.4) is 0 Å². The Morgan fingerprint density at radius 3 is 2.44 bits per heavy atom. The third-order valence-electron chi connectivity index (χ3n) is 4.14. The van der Waals surface area contributed by atoms with E-state index in [1.807, 2.05) is 55.5 Å². The lowest BCUT2D eigenvalue weighted by molar-refractivity contribution is 0.0902. The zero-order valence-electron chi connectivity index (χ0n) is 15.3. The molecule has 0 saturated heterocycles. The van der Waals surface area contributed by atoms with Crippen molar-refractivity contribution >= 4 is 22.4 Å². The lowest BCUT2D eigenvalue weighted by atomic mass is 10.1. The van der Waals surface area contributed by atoms with E-state index in [4.69, 9.17) is 9.47 Å². The van der Waals surface area contributed by atoms with Gasteiger partial charge in [0.15, 0.2) is 11.5 Å². The van der Waals surface area contributed by atoms with E-state index < -0.39 is 10.0 Å². The quantitative estimate of drug-likeness (QED) is 0.731. The van der Waals surface area contributed by atoms with Crippen LogP contribution < -0.4 is 19.5 Å². The summed E-state index contributed by atoms with van der Waals surface area (Å²) in [4.78, 5) is 0. The Morgan fingerprint density at radius 2 is 1.78 bits per heavy atom. The average molecular weight is 413 g/mol. The van der Waals surface area contributed by atoms with Gasteiger partial charge in [-0.25, -0.2) is 13.1 Å². The molecule has 0 bridgehead atoms. The maximum atomic E-state index is 11.3. The normalized spacial score (nSPS) is 17.0. The molecule has 2 aromatic carbocycles. The molecular formula is C19H25ClN2O4S. The van der Waals surface area contributed by atoms with E-state index in [0.717, 1.165) is 28.9 Å². The summed E-state index contributed by atoms with van der Waals surface area (Å²) in [7, 11) is -3.22. The zero-order valence-corrected chi connectivity index (χ0v) is 17.0. The minimum Gasteiger partial charge on any atom is -0.486 e. The molecule has 2 N–H and O–H groups in total. The van der Waals surface area contributed by atoms with Crippen LogP contribution in [0.25, 0.3) is 0 Å². The highest BCUT2D eigenvalue weighted by Crippen LogP contribution is 2.30. The van der Waals surface area contributed by atoms with E-state index >= 15 is 0 Å². The van der Waals surface area contributed by atoms with Gasteiger partial charge >= 0.3 is 0 Å². The van der Waals surface area contributed by atoms with Crippen molar-refractivity contribution in [1.29, 1.82) is 0 Å². The van der Waals surface area contributed by atoms with Crippen LogP contribution in [0.4, 0.5) is 0 Å². The monoisotopic (exact) mass is 412 g/mol. The third-order valence-corrected chi connectivity index (χ3v) is 4.92. The van der Waals surface area contributed by atoms with Gasteiger partial charge in [0.1, 0.15) is 12.7 Å². The van der Waals surface area contributed by atoms with E-state index in [-0.39, 0.29) is 24.6 Å². The number of rotatable bonds is 7. The Balaban J connectivity index is 0.00000261. The van der Waals surface area contributed by atoms with Gasteiger partial charge in [0.2, 0.25) is 10.0 Å². The summed E-state index contributed by atoms with van der Waals surface area (Å²) < 4.78 is 36.8. The summed E-state index contributed by atoms with van der Waals surface area (Å²) >= 11 is 0. The molecule has 0 amide bonds. The fourth-order valence-electron chi connectivity index (χ4n) is 2.85. The lowest BCUT2D eigenvalue weighted by Gasteiger charge is -2.26. The topological polar surface area (TPSA) is 76.7 Å². The molecule has 0 aliphatic carbocycles. The van der Waals surface area contributed by atoms with Crippen LogP contribution in [-0.2, 0) is 16.6 Å². The summed E-state index contributed by atoms with van der Waals surface area (Å²) in [5, 5.41) is 3.37. The van der Waals surface area contributed by atoms with E-state index in [1.165, 1.54) is 0 Å². The minimum atomic E-state index is -3.22. The van der Waals surface area contributed by atoms with Crippen molar-refractivity contribution in [2.45, 2.75) is 25.6 Å². The largest absolute Gasteiger partial charge is 0.486 e. The predicted octanol–water partition coefficient (Wildman–Crippen LogP) is 2.65. The van der Waals surface area contributed by atoms with E-state index in [2.05, 4.69) is 10.0 Å². The van der Waals surface area contributed by atoms with Gasteiger partial charge in [-0.05, 0) is 30.2 Å². The number of benzene rings is 2. The molecule has 0 aromatic heterocycles. The Morgan fingerprint density at radius 1 is 1.11 bits per heavy atom. The van der Waals surface area contributed by atoms with Crippen LogP contribution in [0.1, 0.15) is 24.1 Å². The number of hydrogen-bond donors (Lipinski definition) is 2. The maximum Gasteiger partial charge on any atom is 0.209 e. The highest BCUT2D eigenvalue weighted by atomic mass is 35.5. The summed E-state index contributed by atoms with van der Waals surface area (Å²) in [5.41, 5.74) is 2.05. The van der Waals surface area contributed by atoms with Crippen molar-refractivity contribution in [2.24, 2.45) is 0 Å². The molecule has 0 fully saturated rings. The van der Waals surface area contributed by atoms with Crippen molar-refractivity contribution in [2.75, 3.05) is 19.4 Å². The fraction of sp³-hybridized carbons (Fsp3) is 0.368. The molecule has 0 saturated carbocycles. The molecule has 2 atom stereocenters. The Hall–Kier alpha value is -1.80. The van der Waals surface area contributed by atoms with Crippen molar-refractivity contribution < 1.29 is 17.9 Å². The second-order valence-corrected chi connectivity index (χ2v) is 8.26. The second-order valence-electron chi connectivity index (χ2n) is 6.48. The van der Waals surface area contributed by atoms with Crippen molar-refractivity contribution in [3.8, 4) is 11.5 Å². The smallest absolute Gasteiger partial charge is 0.209 e. The molecule has 1 aliphatic heterocycles. The standard InChI is InChI=1S/C19H24N2O4S.ClH/c1-14(21-26(2,22)23)16-9-7-15(8-10-16)11-20-12-17-13-24-18-5-3-4-6-19(18)25-17;/h3-10,14,17,20-21H,11-13H2,1-2H3;1H/t14-,17-;/m1./s1. The van der Waals surface area contributed by atoms with Crippen LogP contribution in [-0.4, -0.2) is 33.9 Å². The van der Waals surface area contributed by atoms with Gasteiger partial charge in [0, 0.05) is 19.1 Å². The van der Waals surface area contributed by atoms with Gasteiger partial charge in [-0.3, -0.25) is 0 Å². The highest BCUT2D eigenvalue weighted by Gasteiger charge is 2.20. The molecule has 8 heteroatoms. The first kappa shape index (κ1) is 21.5. The fourth-order valence-corrected chi connectivity index (χ4v) is 3.63. The van der Waals surface area contributed by atoms with Crippen LogP contribution in [0.15, 0.2) is 48.5 Å². The molecule has 148 valence electrons. The van der Waals surface area contributed by atoms with Gasteiger partial charge in [-0.15, -0.1) is 12.4 Å². The lowest BCUT2D eigenvalue weighted by Crippen LogP contribution is -2.38. The van der Waals surface area contributed by atoms with Gasteiger partial charge in [-0.1, -0.05) is 36.4 Å². The van der Waals surface area contributed by atoms with Crippen LogP contribution in [0.2, 0.25) is 0 Å². The molecule has 0 spiro atoms. The Kier molecular flexibility index (Phi) is 7.49. The Labute approximate surface area is 166 Å². The summed E-state index contributed by atoms with van der Waals surface area (Å²) in [6.07, 6.45) is 1.14. The Bertz CT molecular complexity index is 843. The minimum absolute atomic E-state index is 0. The number of ether oxygens (including phenoxy) is 2. The number of halogens is 1.